The van der Waals surface area contributed by atoms with Gasteiger partial charge in [0.25, 0.3) is 0 Å². The lowest BCUT2D eigenvalue weighted by Crippen LogP contribution is -2.20. The van der Waals surface area contributed by atoms with E-state index < -0.39 is 0 Å². The van der Waals surface area contributed by atoms with Gasteiger partial charge in [-0.3, -0.25) is 5.10 Å². The van der Waals surface area contributed by atoms with Crippen LogP contribution in [0.4, 0.5) is 5.82 Å². The zero-order valence-electron chi connectivity index (χ0n) is 10.5. The monoisotopic (exact) mass is 209 g/mol. The van der Waals surface area contributed by atoms with Gasteiger partial charge in [0, 0.05) is 11.3 Å². The zero-order chi connectivity index (χ0) is 11.6. The molecule has 1 rings (SSSR count). The van der Waals surface area contributed by atoms with E-state index in [0.29, 0.717) is 17.2 Å². The molecule has 3 N–H and O–H groups in total. The highest BCUT2D eigenvalue weighted by atomic mass is 15.2. The van der Waals surface area contributed by atoms with Crippen molar-refractivity contribution < 1.29 is 0 Å². The van der Waals surface area contributed by atoms with Crippen molar-refractivity contribution in [3.63, 3.8) is 0 Å². The number of anilines is 1. The first kappa shape index (κ1) is 12.1. The SMILES string of the molecule is CCc1c(N)n[nH]c1CC(C)C(C)(C)C. The van der Waals surface area contributed by atoms with E-state index in [9.17, 15) is 0 Å². The molecule has 1 atom stereocenters. The second-order valence-electron chi connectivity index (χ2n) is 5.39. The van der Waals surface area contributed by atoms with Gasteiger partial charge < -0.3 is 5.73 Å². The predicted molar refractivity (Wildman–Crippen MR) is 64.7 cm³/mol. The van der Waals surface area contributed by atoms with Crippen LogP contribution in [0.2, 0.25) is 0 Å². The van der Waals surface area contributed by atoms with E-state index in [0.717, 1.165) is 12.8 Å². The standard InChI is InChI=1S/C12H23N3/c1-6-9-10(14-15-11(9)13)7-8(2)12(3,4)5/h8H,6-7H2,1-5H3,(H3,13,14,15). The highest BCUT2D eigenvalue weighted by Gasteiger charge is 2.22. The van der Waals surface area contributed by atoms with Crippen molar-refractivity contribution >= 4 is 5.82 Å². The second kappa shape index (κ2) is 4.25. The largest absolute Gasteiger partial charge is 0.382 e. The summed E-state index contributed by atoms with van der Waals surface area (Å²) in [6.45, 7) is 11.2. The molecule has 0 saturated carbocycles. The summed E-state index contributed by atoms with van der Waals surface area (Å²) < 4.78 is 0. The lowest BCUT2D eigenvalue weighted by Gasteiger charge is -2.27. The Hall–Kier alpha value is -0.990. The molecule has 0 saturated heterocycles. The van der Waals surface area contributed by atoms with E-state index in [4.69, 9.17) is 5.73 Å². The first-order chi connectivity index (χ1) is 6.86. The number of nitrogen functional groups attached to an aromatic ring is 1. The quantitative estimate of drug-likeness (QED) is 0.804. The third-order valence-corrected chi connectivity index (χ3v) is 3.33. The van der Waals surface area contributed by atoms with Gasteiger partial charge in [0.1, 0.15) is 5.82 Å². The van der Waals surface area contributed by atoms with Crippen LogP contribution < -0.4 is 5.73 Å². The Balaban J connectivity index is 2.81. The van der Waals surface area contributed by atoms with Gasteiger partial charge in [-0.15, -0.1) is 0 Å². The summed E-state index contributed by atoms with van der Waals surface area (Å²) in [5, 5.41) is 7.13. The van der Waals surface area contributed by atoms with Crippen LogP contribution in [0.15, 0.2) is 0 Å². The van der Waals surface area contributed by atoms with Gasteiger partial charge in [0.2, 0.25) is 0 Å². The molecule has 1 heterocycles. The summed E-state index contributed by atoms with van der Waals surface area (Å²) in [6.07, 6.45) is 1.98. The average molecular weight is 209 g/mol. The summed E-state index contributed by atoms with van der Waals surface area (Å²) in [5.41, 5.74) is 8.51. The lowest BCUT2D eigenvalue weighted by atomic mass is 9.79. The van der Waals surface area contributed by atoms with Crippen molar-refractivity contribution in [3.8, 4) is 0 Å². The number of hydrogen-bond donors (Lipinski definition) is 2. The van der Waals surface area contributed by atoms with Crippen LogP contribution in [0, 0.1) is 11.3 Å². The Morgan fingerprint density at radius 2 is 2.00 bits per heavy atom. The summed E-state index contributed by atoms with van der Waals surface area (Å²) in [4.78, 5) is 0. The van der Waals surface area contributed by atoms with Gasteiger partial charge in [-0.25, -0.2) is 0 Å². The molecule has 1 unspecified atom stereocenters. The molecule has 0 bridgehead atoms. The number of aromatic amines is 1. The Morgan fingerprint density at radius 1 is 1.40 bits per heavy atom. The molecule has 0 radical (unpaired) electrons. The first-order valence-electron chi connectivity index (χ1n) is 5.67. The zero-order valence-corrected chi connectivity index (χ0v) is 10.5. The molecular formula is C12H23N3. The Labute approximate surface area is 92.5 Å². The first-order valence-corrected chi connectivity index (χ1v) is 5.67. The molecule has 0 aliphatic rings. The lowest BCUT2D eigenvalue weighted by molar-refractivity contribution is 0.258. The number of rotatable bonds is 3. The van der Waals surface area contributed by atoms with Crippen LogP contribution in [0.1, 0.15) is 45.9 Å². The van der Waals surface area contributed by atoms with Gasteiger partial charge in [-0.2, -0.15) is 5.10 Å². The number of nitrogens with one attached hydrogen (secondary N) is 1. The average Bonchev–Trinajstić information content (AvgIpc) is 2.45. The number of hydrogen-bond acceptors (Lipinski definition) is 2. The molecule has 0 aliphatic heterocycles. The van der Waals surface area contributed by atoms with Gasteiger partial charge in [-0.05, 0) is 24.2 Å². The molecule has 0 spiro atoms. The highest BCUT2D eigenvalue weighted by Crippen LogP contribution is 2.29. The molecule has 0 fully saturated rings. The summed E-state index contributed by atoms with van der Waals surface area (Å²) in [5.74, 6) is 1.27. The third kappa shape index (κ3) is 2.74. The van der Waals surface area contributed by atoms with Crippen molar-refractivity contribution in [2.75, 3.05) is 5.73 Å². The Bertz CT molecular complexity index is 320. The van der Waals surface area contributed by atoms with E-state index in [1.54, 1.807) is 0 Å². The maximum atomic E-state index is 5.79. The van der Waals surface area contributed by atoms with E-state index in [1.165, 1.54) is 11.3 Å². The smallest absolute Gasteiger partial charge is 0.148 e. The fourth-order valence-electron chi connectivity index (χ4n) is 1.59. The fraction of sp³-hybridized carbons (Fsp3) is 0.750. The molecule has 0 amide bonds. The van der Waals surface area contributed by atoms with Crippen LogP contribution >= 0.6 is 0 Å². The Kier molecular flexibility index (Phi) is 3.42. The molecule has 0 aromatic carbocycles. The number of H-pyrrole nitrogens is 1. The number of nitrogens with zero attached hydrogens (tertiary/aromatic N) is 1. The van der Waals surface area contributed by atoms with Crippen LogP contribution in [0.5, 0.6) is 0 Å². The van der Waals surface area contributed by atoms with Gasteiger partial charge in [0.15, 0.2) is 0 Å². The molecule has 1 aromatic heterocycles. The van der Waals surface area contributed by atoms with Crippen molar-refractivity contribution in [2.45, 2.75) is 47.5 Å². The van der Waals surface area contributed by atoms with Gasteiger partial charge in [0.05, 0.1) is 0 Å². The van der Waals surface area contributed by atoms with Crippen LogP contribution in [0.3, 0.4) is 0 Å². The fourth-order valence-corrected chi connectivity index (χ4v) is 1.59. The molecular weight excluding hydrogens is 186 g/mol. The van der Waals surface area contributed by atoms with Crippen molar-refractivity contribution in [1.29, 1.82) is 0 Å². The van der Waals surface area contributed by atoms with Gasteiger partial charge >= 0.3 is 0 Å². The van der Waals surface area contributed by atoms with Crippen molar-refractivity contribution in [1.82, 2.24) is 10.2 Å². The number of aromatic nitrogens is 2. The summed E-state index contributed by atoms with van der Waals surface area (Å²) in [6, 6.07) is 0. The molecule has 0 aliphatic carbocycles. The molecule has 1 aromatic rings. The highest BCUT2D eigenvalue weighted by molar-refractivity contribution is 5.42. The molecule has 86 valence electrons. The second-order valence-corrected chi connectivity index (χ2v) is 5.39. The molecule has 15 heavy (non-hydrogen) atoms. The third-order valence-electron chi connectivity index (χ3n) is 3.33. The minimum absolute atomic E-state index is 0.324. The normalized spacial score (nSPS) is 14.2. The van der Waals surface area contributed by atoms with Crippen molar-refractivity contribution in [2.24, 2.45) is 11.3 Å². The minimum atomic E-state index is 0.324. The number of nitrogens with two attached hydrogens (primary N) is 1. The summed E-state index contributed by atoms with van der Waals surface area (Å²) in [7, 11) is 0. The van der Waals surface area contributed by atoms with Crippen LogP contribution in [0.25, 0.3) is 0 Å². The van der Waals surface area contributed by atoms with E-state index >= 15 is 0 Å². The maximum absolute atomic E-state index is 5.79. The van der Waals surface area contributed by atoms with Crippen LogP contribution in [-0.2, 0) is 12.8 Å². The topological polar surface area (TPSA) is 54.7 Å². The van der Waals surface area contributed by atoms with E-state index in [-0.39, 0.29) is 0 Å². The predicted octanol–water partition coefficient (Wildman–Crippen LogP) is 2.78. The van der Waals surface area contributed by atoms with E-state index in [1.807, 2.05) is 0 Å². The maximum Gasteiger partial charge on any atom is 0.148 e. The molecule has 3 heteroatoms. The Morgan fingerprint density at radius 3 is 2.47 bits per heavy atom. The molecule has 3 nitrogen and oxygen atoms in total. The summed E-state index contributed by atoms with van der Waals surface area (Å²) >= 11 is 0. The van der Waals surface area contributed by atoms with Crippen molar-refractivity contribution in [3.05, 3.63) is 11.3 Å². The van der Waals surface area contributed by atoms with Crippen LogP contribution in [-0.4, -0.2) is 10.2 Å². The van der Waals surface area contributed by atoms with E-state index in [2.05, 4.69) is 44.8 Å². The minimum Gasteiger partial charge on any atom is -0.382 e. The van der Waals surface area contributed by atoms with Gasteiger partial charge in [-0.1, -0.05) is 34.6 Å².